The summed E-state index contributed by atoms with van der Waals surface area (Å²) in [7, 11) is 0. The molecule has 1 amide bonds. The Kier molecular flexibility index (Phi) is 5.43. The van der Waals surface area contributed by atoms with Crippen LogP contribution in [-0.4, -0.2) is 42.3 Å². The largest absolute Gasteiger partial charge is 0.403 e. The van der Waals surface area contributed by atoms with Gasteiger partial charge in [0.05, 0.1) is 23.0 Å². The first-order chi connectivity index (χ1) is 15.1. The number of amides is 1. The molecule has 10 heteroatoms. The Labute approximate surface area is 177 Å². The molecule has 0 radical (unpaired) electrons. The van der Waals surface area contributed by atoms with Crippen LogP contribution < -0.4 is 11.1 Å². The van der Waals surface area contributed by atoms with Gasteiger partial charge in [0.1, 0.15) is 18.7 Å². The molecule has 154 valence electrons. The number of aromatic nitrogens is 6. The third kappa shape index (κ3) is 4.13. The van der Waals surface area contributed by atoms with E-state index in [4.69, 9.17) is 5.73 Å². The summed E-state index contributed by atoms with van der Waals surface area (Å²) in [5.74, 6) is 0.106. The Morgan fingerprint density at radius 3 is 2.81 bits per heavy atom. The summed E-state index contributed by atoms with van der Waals surface area (Å²) in [5, 5.41) is 7.81. The second kappa shape index (κ2) is 8.49. The van der Waals surface area contributed by atoms with Crippen molar-refractivity contribution >= 4 is 35.2 Å². The van der Waals surface area contributed by atoms with Crippen molar-refractivity contribution in [3.05, 3.63) is 66.6 Å². The number of hydrogen-bond donors (Lipinski definition) is 2. The van der Waals surface area contributed by atoms with E-state index >= 15 is 0 Å². The Morgan fingerprint density at radius 2 is 2.10 bits per heavy atom. The van der Waals surface area contributed by atoms with Crippen molar-refractivity contribution in [1.82, 2.24) is 29.7 Å². The van der Waals surface area contributed by atoms with Crippen molar-refractivity contribution in [3.63, 3.8) is 0 Å². The van der Waals surface area contributed by atoms with E-state index in [-0.39, 0.29) is 12.5 Å². The molecule has 3 N–H and O–H groups in total. The van der Waals surface area contributed by atoms with Crippen LogP contribution in [0.2, 0.25) is 0 Å². The zero-order chi connectivity index (χ0) is 21.8. The van der Waals surface area contributed by atoms with Gasteiger partial charge < -0.3 is 11.1 Å². The second-order valence-corrected chi connectivity index (χ2v) is 6.64. The van der Waals surface area contributed by atoms with Crippen LogP contribution in [0.4, 0.5) is 5.82 Å². The molecule has 4 heterocycles. The molecule has 4 aromatic rings. The first-order valence-electron chi connectivity index (χ1n) is 9.33. The van der Waals surface area contributed by atoms with E-state index in [0.29, 0.717) is 22.7 Å². The van der Waals surface area contributed by atoms with E-state index < -0.39 is 0 Å². The van der Waals surface area contributed by atoms with Crippen molar-refractivity contribution < 1.29 is 4.79 Å². The number of pyridine rings is 2. The molecular formula is C21H19N9O. The number of carbonyl (C=O) groups excluding carboxylic acids is 1. The predicted molar refractivity (Wildman–Crippen MR) is 118 cm³/mol. The molecule has 0 spiro atoms. The third-order valence-corrected chi connectivity index (χ3v) is 4.55. The first kappa shape index (κ1) is 19.8. The molecule has 0 unspecified atom stereocenters. The molecule has 4 aromatic heterocycles. The smallest absolute Gasteiger partial charge is 0.247 e. The molecule has 4 rings (SSSR count). The lowest BCUT2D eigenvalue weighted by Crippen LogP contribution is -2.20. The van der Waals surface area contributed by atoms with Gasteiger partial charge in [-0.05, 0) is 37.9 Å². The highest BCUT2D eigenvalue weighted by Crippen LogP contribution is 2.25. The van der Waals surface area contributed by atoms with E-state index in [1.165, 1.54) is 17.2 Å². The van der Waals surface area contributed by atoms with Crippen LogP contribution in [0.1, 0.15) is 11.3 Å². The first-order valence-corrected chi connectivity index (χ1v) is 9.33. The maximum Gasteiger partial charge on any atom is 0.247 e. The molecule has 31 heavy (non-hydrogen) atoms. The highest BCUT2D eigenvalue weighted by molar-refractivity contribution is 5.93. The van der Waals surface area contributed by atoms with Gasteiger partial charge in [-0.15, -0.1) is 0 Å². The summed E-state index contributed by atoms with van der Waals surface area (Å²) in [5.41, 5.74) is 9.79. The van der Waals surface area contributed by atoms with Crippen LogP contribution >= 0.6 is 0 Å². The topological polar surface area (TPSA) is 137 Å². The summed E-state index contributed by atoms with van der Waals surface area (Å²) in [6.45, 7) is 5.34. The van der Waals surface area contributed by atoms with Crippen molar-refractivity contribution in [2.75, 3.05) is 5.32 Å². The Bertz CT molecular complexity index is 1290. The molecule has 0 aliphatic carbocycles. The number of aryl methyl sites for hydroxylation is 1. The van der Waals surface area contributed by atoms with Gasteiger partial charge in [-0.1, -0.05) is 0 Å². The van der Waals surface area contributed by atoms with Gasteiger partial charge in [-0.2, -0.15) is 5.10 Å². The fourth-order valence-corrected chi connectivity index (χ4v) is 3.11. The van der Waals surface area contributed by atoms with Crippen LogP contribution in [0.5, 0.6) is 0 Å². The number of nitrogens with two attached hydrogens (primary N) is 1. The zero-order valence-corrected chi connectivity index (χ0v) is 16.7. The number of fused-ring (bicyclic) bond motifs is 1. The molecular weight excluding hydrogens is 394 g/mol. The summed E-state index contributed by atoms with van der Waals surface area (Å²) in [6.07, 6.45) is 7.74. The summed E-state index contributed by atoms with van der Waals surface area (Å²) in [4.78, 5) is 33.5. The van der Waals surface area contributed by atoms with Gasteiger partial charge in [-0.3, -0.25) is 14.8 Å². The van der Waals surface area contributed by atoms with Crippen molar-refractivity contribution in [3.8, 4) is 11.3 Å². The van der Waals surface area contributed by atoms with Gasteiger partial charge in [0.2, 0.25) is 5.91 Å². The highest BCUT2D eigenvalue weighted by Gasteiger charge is 2.14. The number of rotatable bonds is 6. The SMILES string of the molecule is C=N/C(=C\N)c1ccc(NC(=O)Cn2ncc3c(-c4ccnc(C)c4)ncnc32)nc1. The van der Waals surface area contributed by atoms with Crippen LogP contribution in [0.25, 0.3) is 28.0 Å². The minimum absolute atomic E-state index is 0.0269. The van der Waals surface area contributed by atoms with Gasteiger partial charge in [0.15, 0.2) is 5.65 Å². The van der Waals surface area contributed by atoms with Gasteiger partial charge in [0.25, 0.3) is 0 Å². The van der Waals surface area contributed by atoms with Crippen molar-refractivity contribution in [2.24, 2.45) is 10.7 Å². The minimum Gasteiger partial charge on any atom is -0.403 e. The monoisotopic (exact) mass is 413 g/mol. The Morgan fingerprint density at radius 1 is 1.23 bits per heavy atom. The van der Waals surface area contributed by atoms with Gasteiger partial charge >= 0.3 is 0 Å². The van der Waals surface area contributed by atoms with E-state index in [9.17, 15) is 4.79 Å². The van der Waals surface area contributed by atoms with E-state index in [1.807, 2.05) is 19.1 Å². The highest BCUT2D eigenvalue weighted by atomic mass is 16.2. The minimum atomic E-state index is -0.290. The fraction of sp³-hybridized carbons (Fsp3) is 0.0952. The average Bonchev–Trinajstić information content (AvgIpc) is 3.18. The number of anilines is 1. The molecule has 0 atom stereocenters. The van der Waals surface area contributed by atoms with Crippen LogP contribution in [0.3, 0.4) is 0 Å². The van der Waals surface area contributed by atoms with Crippen LogP contribution in [0.15, 0.2) is 60.4 Å². The molecule has 0 saturated carbocycles. The summed E-state index contributed by atoms with van der Waals surface area (Å²) in [6, 6.07) is 7.22. The lowest BCUT2D eigenvalue weighted by atomic mass is 10.1. The van der Waals surface area contributed by atoms with E-state index in [0.717, 1.165) is 22.3 Å². The molecule has 0 bridgehead atoms. The van der Waals surface area contributed by atoms with Crippen molar-refractivity contribution in [1.29, 1.82) is 0 Å². The van der Waals surface area contributed by atoms with Crippen molar-refractivity contribution in [2.45, 2.75) is 13.5 Å². The number of hydrogen-bond acceptors (Lipinski definition) is 8. The molecule has 0 saturated heterocycles. The Hall–Kier alpha value is -4.47. The molecule has 0 aliphatic rings. The molecule has 0 fully saturated rings. The number of carbonyl (C=O) groups is 1. The standard InChI is InChI=1S/C21H19N9O/c1-13-7-14(5-6-24-13)20-16-10-28-30(21(16)27-12-26-20)11-19(31)29-18-4-3-15(9-25-18)17(8-22)23-2/h3-10,12H,2,11,22H2,1H3,(H,25,29,31)/b17-8-. The normalized spacial score (nSPS) is 11.5. The van der Waals surface area contributed by atoms with Gasteiger partial charge in [0, 0.05) is 35.4 Å². The number of nitrogens with one attached hydrogen (secondary N) is 1. The maximum atomic E-state index is 12.5. The summed E-state index contributed by atoms with van der Waals surface area (Å²) < 4.78 is 1.52. The molecule has 0 aliphatic heterocycles. The quantitative estimate of drug-likeness (QED) is 0.462. The number of aliphatic imine (C=N–C) groups is 1. The lowest BCUT2D eigenvalue weighted by molar-refractivity contribution is -0.116. The molecule has 0 aromatic carbocycles. The third-order valence-electron chi connectivity index (χ3n) is 4.55. The maximum absolute atomic E-state index is 12.5. The van der Waals surface area contributed by atoms with Crippen LogP contribution in [-0.2, 0) is 11.3 Å². The summed E-state index contributed by atoms with van der Waals surface area (Å²) >= 11 is 0. The average molecular weight is 413 g/mol. The molecule has 10 nitrogen and oxygen atoms in total. The number of nitrogens with zero attached hydrogens (tertiary/aromatic N) is 7. The van der Waals surface area contributed by atoms with Crippen LogP contribution in [0, 0.1) is 6.92 Å². The Balaban J connectivity index is 1.53. The lowest BCUT2D eigenvalue weighted by Gasteiger charge is -2.07. The zero-order valence-electron chi connectivity index (χ0n) is 16.7. The van der Waals surface area contributed by atoms with E-state index in [2.05, 4.69) is 42.1 Å². The predicted octanol–water partition coefficient (Wildman–Crippen LogP) is 2.19. The van der Waals surface area contributed by atoms with E-state index in [1.54, 1.807) is 30.7 Å². The fourth-order valence-electron chi connectivity index (χ4n) is 3.11. The second-order valence-electron chi connectivity index (χ2n) is 6.64. The van der Waals surface area contributed by atoms with Gasteiger partial charge in [-0.25, -0.2) is 19.6 Å².